The van der Waals surface area contributed by atoms with E-state index >= 15 is 0 Å². The molecular formula is C7H12N2O. The zero-order valence-electron chi connectivity index (χ0n) is 6.37. The van der Waals surface area contributed by atoms with Crippen molar-refractivity contribution < 1.29 is 4.52 Å². The standard InChI is InChI=1S/C7H12N2O/c1-3-6-9(2)7-4-5-8-10-7/h4-5H,3,6H2,1-2H3. The van der Waals surface area contributed by atoms with Gasteiger partial charge in [0, 0.05) is 19.7 Å². The second kappa shape index (κ2) is 3.25. The van der Waals surface area contributed by atoms with Crippen LogP contribution in [0.5, 0.6) is 0 Å². The van der Waals surface area contributed by atoms with Crippen molar-refractivity contribution in [2.75, 3.05) is 18.5 Å². The fourth-order valence-corrected chi connectivity index (χ4v) is 0.852. The Morgan fingerprint density at radius 1 is 1.70 bits per heavy atom. The van der Waals surface area contributed by atoms with Gasteiger partial charge >= 0.3 is 0 Å². The summed E-state index contributed by atoms with van der Waals surface area (Å²) in [7, 11) is 1.99. The Balaban J connectivity index is 2.50. The summed E-state index contributed by atoms with van der Waals surface area (Å²) in [5.41, 5.74) is 0. The van der Waals surface area contributed by atoms with Crippen molar-refractivity contribution in [2.45, 2.75) is 13.3 Å². The van der Waals surface area contributed by atoms with Crippen molar-refractivity contribution in [3.8, 4) is 0 Å². The molecule has 56 valence electrons. The summed E-state index contributed by atoms with van der Waals surface area (Å²) in [6, 6.07) is 1.86. The van der Waals surface area contributed by atoms with E-state index < -0.39 is 0 Å². The van der Waals surface area contributed by atoms with E-state index in [1.807, 2.05) is 18.0 Å². The van der Waals surface area contributed by atoms with E-state index in [1.165, 1.54) is 0 Å². The third kappa shape index (κ3) is 1.50. The van der Waals surface area contributed by atoms with Gasteiger partial charge in [-0.3, -0.25) is 0 Å². The van der Waals surface area contributed by atoms with Gasteiger partial charge in [-0.05, 0) is 6.42 Å². The van der Waals surface area contributed by atoms with Gasteiger partial charge in [-0.25, -0.2) is 0 Å². The summed E-state index contributed by atoms with van der Waals surface area (Å²) in [5.74, 6) is 0.835. The van der Waals surface area contributed by atoms with Gasteiger partial charge in [-0.2, -0.15) is 0 Å². The minimum Gasteiger partial charge on any atom is -0.344 e. The van der Waals surface area contributed by atoms with Crippen LogP contribution in [0.3, 0.4) is 0 Å². The first-order valence-electron chi connectivity index (χ1n) is 3.46. The Morgan fingerprint density at radius 3 is 3.00 bits per heavy atom. The lowest BCUT2D eigenvalue weighted by molar-refractivity contribution is 0.419. The van der Waals surface area contributed by atoms with Gasteiger partial charge in [-0.1, -0.05) is 12.1 Å². The minimum atomic E-state index is 0.835. The molecule has 0 N–H and O–H groups in total. The molecule has 1 aromatic rings. The molecule has 3 heteroatoms. The molecule has 1 aromatic heterocycles. The van der Waals surface area contributed by atoms with Gasteiger partial charge in [0.15, 0.2) is 0 Å². The zero-order chi connectivity index (χ0) is 7.40. The van der Waals surface area contributed by atoms with Gasteiger partial charge < -0.3 is 9.42 Å². The monoisotopic (exact) mass is 140 g/mol. The molecule has 0 saturated heterocycles. The fraction of sp³-hybridized carbons (Fsp3) is 0.571. The summed E-state index contributed by atoms with van der Waals surface area (Å²) in [6.07, 6.45) is 2.78. The Hall–Kier alpha value is -0.990. The van der Waals surface area contributed by atoms with Crippen LogP contribution in [0, 0.1) is 0 Å². The van der Waals surface area contributed by atoms with E-state index in [0.717, 1.165) is 18.8 Å². The number of rotatable bonds is 3. The van der Waals surface area contributed by atoms with Gasteiger partial charge in [0.1, 0.15) is 0 Å². The Morgan fingerprint density at radius 2 is 2.50 bits per heavy atom. The molecule has 0 spiro atoms. The van der Waals surface area contributed by atoms with Crippen LogP contribution in [-0.2, 0) is 0 Å². The maximum absolute atomic E-state index is 4.92. The molecule has 0 unspecified atom stereocenters. The molecule has 0 saturated carbocycles. The third-order valence-electron chi connectivity index (χ3n) is 1.36. The number of hydrogen-bond acceptors (Lipinski definition) is 3. The quantitative estimate of drug-likeness (QED) is 0.637. The van der Waals surface area contributed by atoms with Crippen LogP contribution < -0.4 is 4.90 Å². The first kappa shape index (κ1) is 7.12. The topological polar surface area (TPSA) is 29.3 Å². The van der Waals surface area contributed by atoms with Crippen molar-refractivity contribution in [1.82, 2.24) is 5.16 Å². The SMILES string of the molecule is CCCN(C)c1ccno1. The molecule has 0 atom stereocenters. The summed E-state index contributed by atoms with van der Waals surface area (Å²) in [6.45, 7) is 3.14. The smallest absolute Gasteiger partial charge is 0.226 e. The van der Waals surface area contributed by atoms with E-state index in [9.17, 15) is 0 Å². The van der Waals surface area contributed by atoms with E-state index in [1.54, 1.807) is 6.20 Å². The largest absolute Gasteiger partial charge is 0.344 e. The van der Waals surface area contributed by atoms with Crippen LogP contribution in [0.4, 0.5) is 5.88 Å². The Kier molecular flexibility index (Phi) is 2.31. The number of nitrogens with zero attached hydrogens (tertiary/aromatic N) is 2. The molecule has 1 heterocycles. The molecule has 0 radical (unpaired) electrons. The molecule has 0 amide bonds. The Bertz CT molecular complexity index is 172. The second-order valence-electron chi connectivity index (χ2n) is 2.27. The highest BCUT2D eigenvalue weighted by Crippen LogP contribution is 2.09. The van der Waals surface area contributed by atoms with Crippen LogP contribution in [0.15, 0.2) is 16.8 Å². The van der Waals surface area contributed by atoms with Gasteiger partial charge in [-0.15, -0.1) is 0 Å². The first-order valence-corrected chi connectivity index (χ1v) is 3.46. The number of hydrogen-bond donors (Lipinski definition) is 0. The molecule has 0 aliphatic carbocycles. The molecule has 0 aromatic carbocycles. The lowest BCUT2D eigenvalue weighted by Crippen LogP contribution is -2.16. The normalized spacial score (nSPS) is 9.80. The predicted molar refractivity (Wildman–Crippen MR) is 40.1 cm³/mol. The number of anilines is 1. The molecule has 3 nitrogen and oxygen atoms in total. The van der Waals surface area contributed by atoms with E-state index in [2.05, 4.69) is 12.1 Å². The third-order valence-corrected chi connectivity index (χ3v) is 1.36. The average Bonchev–Trinajstić information content (AvgIpc) is 2.38. The summed E-state index contributed by atoms with van der Waals surface area (Å²) in [4.78, 5) is 2.03. The molecule has 0 bridgehead atoms. The highest BCUT2D eigenvalue weighted by molar-refractivity contribution is 5.30. The first-order chi connectivity index (χ1) is 4.84. The second-order valence-corrected chi connectivity index (χ2v) is 2.27. The van der Waals surface area contributed by atoms with Crippen LogP contribution in [0.25, 0.3) is 0 Å². The van der Waals surface area contributed by atoms with Crippen LogP contribution in [0.2, 0.25) is 0 Å². The highest BCUT2D eigenvalue weighted by Gasteiger charge is 2.00. The maximum Gasteiger partial charge on any atom is 0.226 e. The van der Waals surface area contributed by atoms with E-state index in [-0.39, 0.29) is 0 Å². The fourth-order valence-electron chi connectivity index (χ4n) is 0.852. The predicted octanol–water partition coefficient (Wildman–Crippen LogP) is 1.52. The zero-order valence-corrected chi connectivity index (χ0v) is 6.37. The van der Waals surface area contributed by atoms with Crippen molar-refractivity contribution in [3.63, 3.8) is 0 Å². The van der Waals surface area contributed by atoms with Gasteiger partial charge in [0.2, 0.25) is 5.88 Å². The van der Waals surface area contributed by atoms with Gasteiger partial charge in [0.05, 0.1) is 6.20 Å². The van der Waals surface area contributed by atoms with Crippen molar-refractivity contribution in [2.24, 2.45) is 0 Å². The molecule has 10 heavy (non-hydrogen) atoms. The van der Waals surface area contributed by atoms with Crippen LogP contribution in [0.1, 0.15) is 13.3 Å². The molecular weight excluding hydrogens is 128 g/mol. The summed E-state index contributed by atoms with van der Waals surface area (Å²) in [5, 5.41) is 3.61. The highest BCUT2D eigenvalue weighted by atomic mass is 16.5. The maximum atomic E-state index is 4.92. The van der Waals surface area contributed by atoms with E-state index in [0.29, 0.717) is 0 Å². The molecule has 0 aliphatic heterocycles. The van der Waals surface area contributed by atoms with E-state index in [4.69, 9.17) is 4.52 Å². The van der Waals surface area contributed by atoms with Crippen molar-refractivity contribution in [3.05, 3.63) is 12.3 Å². The molecule has 1 rings (SSSR count). The van der Waals surface area contributed by atoms with Crippen molar-refractivity contribution in [1.29, 1.82) is 0 Å². The number of aromatic nitrogens is 1. The molecule has 0 fully saturated rings. The lowest BCUT2D eigenvalue weighted by Gasteiger charge is -2.12. The van der Waals surface area contributed by atoms with Crippen molar-refractivity contribution >= 4 is 5.88 Å². The summed E-state index contributed by atoms with van der Waals surface area (Å²) >= 11 is 0. The van der Waals surface area contributed by atoms with Crippen LogP contribution >= 0.6 is 0 Å². The average molecular weight is 140 g/mol. The Labute approximate surface area is 60.6 Å². The molecule has 0 aliphatic rings. The van der Waals surface area contributed by atoms with Crippen LogP contribution in [-0.4, -0.2) is 18.7 Å². The minimum absolute atomic E-state index is 0.835. The lowest BCUT2D eigenvalue weighted by atomic mass is 10.4. The van der Waals surface area contributed by atoms with Gasteiger partial charge in [0.25, 0.3) is 0 Å². The summed E-state index contributed by atoms with van der Waals surface area (Å²) < 4.78 is 4.92.